The molecule has 0 aliphatic carbocycles. The monoisotopic (exact) mass is 380 g/mol. The molecular formula is C15H16N4O4S2. The number of rotatable bonds is 3. The van der Waals surface area contributed by atoms with E-state index in [1.54, 1.807) is 6.07 Å². The smallest absolute Gasteiger partial charge is 0.337 e. The van der Waals surface area contributed by atoms with Crippen molar-refractivity contribution >= 4 is 43.0 Å². The molecular weight excluding hydrogens is 364 g/mol. The van der Waals surface area contributed by atoms with Crippen molar-refractivity contribution in [2.45, 2.75) is 31.1 Å². The van der Waals surface area contributed by atoms with Gasteiger partial charge in [-0.15, -0.1) is 10.2 Å². The molecule has 0 aliphatic rings. The van der Waals surface area contributed by atoms with Crippen LogP contribution < -0.4 is 0 Å². The third-order valence-corrected chi connectivity index (χ3v) is 5.33. The van der Waals surface area contributed by atoms with Crippen LogP contribution in [0.5, 0.6) is 5.95 Å². The minimum atomic E-state index is -3.34. The van der Waals surface area contributed by atoms with Crippen LogP contribution in [0, 0.1) is 0 Å². The summed E-state index contributed by atoms with van der Waals surface area (Å²) in [6.45, 7) is 5.72. The van der Waals surface area contributed by atoms with Gasteiger partial charge in [0.1, 0.15) is 5.69 Å². The van der Waals surface area contributed by atoms with E-state index in [0.29, 0.717) is 21.6 Å². The molecule has 132 valence electrons. The van der Waals surface area contributed by atoms with Gasteiger partial charge in [0.25, 0.3) is 0 Å². The Hall–Kier alpha value is -2.33. The molecule has 1 N–H and O–H groups in total. The van der Waals surface area contributed by atoms with Gasteiger partial charge in [-0.2, -0.15) is 4.37 Å². The van der Waals surface area contributed by atoms with E-state index in [9.17, 15) is 13.5 Å². The van der Waals surface area contributed by atoms with Gasteiger partial charge in [-0.25, -0.2) is 8.42 Å². The molecule has 10 heteroatoms. The second kappa shape index (κ2) is 5.88. The average Bonchev–Trinajstić information content (AvgIpc) is 3.06. The highest BCUT2D eigenvalue weighted by molar-refractivity contribution is 7.90. The second-order valence-corrected chi connectivity index (χ2v) is 9.34. The quantitative estimate of drug-likeness (QED) is 0.683. The number of aromatic nitrogens is 2. The van der Waals surface area contributed by atoms with Gasteiger partial charge in [0.05, 0.1) is 10.4 Å². The van der Waals surface area contributed by atoms with Gasteiger partial charge in [-0.3, -0.25) is 0 Å². The van der Waals surface area contributed by atoms with Gasteiger partial charge in [0.15, 0.2) is 20.5 Å². The first kappa shape index (κ1) is 17.5. The van der Waals surface area contributed by atoms with E-state index in [0.717, 1.165) is 17.8 Å². The van der Waals surface area contributed by atoms with Gasteiger partial charge in [0.2, 0.25) is 0 Å². The molecule has 2 heterocycles. The van der Waals surface area contributed by atoms with Crippen LogP contribution in [0.1, 0.15) is 26.5 Å². The van der Waals surface area contributed by atoms with Crippen molar-refractivity contribution in [2.75, 3.05) is 6.26 Å². The van der Waals surface area contributed by atoms with Crippen molar-refractivity contribution in [3.05, 3.63) is 23.9 Å². The Morgan fingerprint density at radius 1 is 1.24 bits per heavy atom. The molecule has 8 nitrogen and oxygen atoms in total. The summed E-state index contributed by atoms with van der Waals surface area (Å²) in [5, 5.41) is 22.8. The fourth-order valence-electron chi connectivity index (χ4n) is 2.16. The minimum absolute atomic E-state index is 0.147. The zero-order valence-electron chi connectivity index (χ0n) is 14.0. The van der Waals surface area contributed by atoms with Gasteiger partial charge in [0, 0.05) is 17.1 Å². The maximum absolute atomic E-state index is 11.7. The van der Waals surface area contributed by atoms with Crippen molar-refractivity contribution < 1.29 is 18.0 Å². The van der Waals surface area contributed by atoms with Crippen molar-refractivity contribution in [2.24, 2.45) is 10.2 Å². The molecule has 2 aromatic heterocycles. The van der Waals surface area contributed by atoms with Gasteiger partial charge in [-0.1, -0.05) is 25.9 Å². The first-order valence-electron chi connectivity index (χ1n) is 7.28. The number of fused-ring (bicyclic) bond motifs is 1. The molecule has 0 radical (unpaired) electrons. The Morgan fingerprint density at radius 2 is 1.96 bits per heavy atom. The number of hydrogen-bond acceptors (Lipinski definition) is 9. The predicted molar refractivity (Wildman–Crippen MR) is 93.8 cm³/mol. The van der Waals surface area contributed by atoms with Crippen LogP contribution in [0.2, 0.25) is 0 Å². The molecule has 3 rings (SSSR count). The number of sulfone groups is 1. The lowest BCUT2D eigenvalue weighted by atomic mass is 9.91. The van der Waals surface area contributed by atoms with Crippen LogP contribution in [0.15, 0.2) is 37.8 Å². The Morgan fingerprint density at radius 3 is 2.60 bits per heavy atom. The number of azo groups is 1. The minimum Gasteiger partial charge on any atom is -0.478 e. The lowest BCUT2D eigenvalue weighted by Crippen LogP contribution is -2.11. The Balaban J connectivity index is 2.07. The fourth-order valence-corrected chi connectivity index (χ4v) is 3.50. The molecule has 3 aromatic rings. The normalized spacial score (nSPS) is 13.1. The Kier molecular flexibility index (Phi) is 4.12. The van der Waals surface area contributed by atoms with Crippen molar-refractivity contribution in [3.8, 4) is 5.95 Å². The summed E-state index contributed by atoms with van der Waals surface area (Å²) < 4.78 is 32.5. The summed E-state index contributed by atoms with van der Waals surface area (Å²) >= 11 is 1.09. The zero-order chi connectivity index (χ0) is 18.4. The molecule has 0 saturated carbocycles. The highest BCUT2D eigenvalue weighted by atomic mass is 32.2. The topological polar surface area (TPSA) is 118 Å². The van der Waals surface area contributed by atoms with Gasteiger partial charge in [-0.05, 0) is 29.7 Å². The van der Waals surface area contributed by atoms with Crippen LogP contribution in [0.4, 0.5) is 10.7 Å². The van der Waals surface area contributed by atoms with Crippen LogP contribution in [-0.4, -0.2) is 29.3 Å². The predicted octanol–water partition coefficient (Wildman–Crippen LogP) is 4.11. The van der Waals surface area contributed by atoms with Gasteiger partial charge >= 0.3 is 5.95 Å². The van der Waals surface area contributed by atoms with E-state index in [4.69, 9.17) is 4.52 Å². The number of hydrogen-bond donors (Lipinski definition) is 1. The largest absolute Gasteiger partial charge is 0.478 e. The van der Waals surface area contributed by atoms with Crippen LogP contribution >= 0.6 is 11.5 Å². The summed E-state index contributed by atoms with van der Waals surface area (Å²) in [5.41, 5.74) is 0.850. The number of aromatic hydroxyl groups is 1. The fraction of sp³-hybridized carbons (Fsp3) is 0.333. The van der Waals surface area contributed by atoms with E-state index in [2.05, 4.69) is 19.8 Å². The Labute approximate surface area is 148 Å². The van der Waals surface area contributed by atoms with Crippen LogP contribution in [0.25, 0.3) is 10.9 Å². The third kappa shape index (κ3) is 3.40. The summed E-state index contributed by atoms with van der Waals surface area (Å²) in [7, 11) is -3.34. The lowest BCUT2D eigenvalue weighted by molar-refractivity contribution is 0.273. The van der Waals surface area contributed by atoms with Crippen molar-refractivity contribution in [1.29, 1.82) is 0 Å². The number of nitrogens with zero attached hydrogens (tertiary/aromatic N) is 4. The lowest BCUT2D eigenvalue weighted by Gasteiger charge is -2.13. The summed E-state index contributed by atoms with van der Waals surface area (Å²) in [6, 6.07) is 4.64. The highest BCUT2D eigenvalue weighted by Gasteiger charge is 2.26. The highest BCUT2D eigenvalue weighted by Crippen LogP contribution is 2.40. The molecule has 0 unspecified atom stereocenters. The summed E-state index contributed by atoms with van der Waals surface area (Å²) in [4.78, 5) is 0.180. The maximum atomic E-state index is 11.7. The molecule has 25 heavy (non-hydrogen) atoms. The molecule has 0 atom stereocenters. The SMILES string of the molecule is CC(C)(C)c1noc(O)c1N=Nc1snc2ccc(S(C)(=O)=O)cc12. The van der Waals surface area contributed by atoms with E-state index in [1.165, 1.54) is 12.1 Å². The van der Waals surface area contributed by atoms with Gasteiger partial charge < -0.3 is 9.63 Å². The molecule has 0 amide bonds. The molecule has 1 aromatic carbocycles. The van der Waals surface area contributed by atoms with E-state index in [1.807, 2.05) is 20.8 Å². The second-order valence-electron chi connectivity index (χ2n) is 6.57. The number of benzene rings is 1. The summed E-state index contributed by atoms with van der Waals surface area (Å²) in [5.74, 6) is -0.417. The Bertz CT molecular complexity index is 1070. The maximum Gasteiger partial charge on any atom is 0.337 e. The van der Waals surface area contributed by atoms with E-state index in [-0.39, 0.29) is 10.6 Å². The molecule has 0 saturated heterocycles. The van der Waals surface area contributed by atoms with E-state index < -0.39 is 21.2 Å². The molecule has 0 aliphatic heterocycles. The van der Waals surface area contributed by atoms with Crippen LogP contribution in [-0.2, 0) is 15.3 Å². The zero-order valence-corrected chi connectivity index (χ0v) is 15.6. The van der Waals surface area contributed by atoms with Crippen LogP contribution in [0.3, 0.4) is 0 Å². The first-order valence-corrected chi connectivity index (χ1v) is 9.94. The molecule has 0 fully saturated rings. The van der Waals surface area contributed by atoms with E-state index >= 15 is 0 Å². The third-order valence-electron chi connectivity index (χ3n) is 3.46. The van der Waals surface area contributed by atoms with Crippen molar-refractivity contribution in [3.63, 3.8) is 0 Å². The average molecular weight is 380 g/mol. The molecule has 0 spiro atoms. The summed E-state index contributed by atoms with van der Waals surface area (Å²) in [6.07, 6.45) is 1.14. The first-order chi connectivity index (χ1) is 11.6. The molecule has 0 bridgehead atoms. The van der Waals surface area contributed by atoms with Crippen molar-refractivity contribution in [1.82, 2.24) is 9.53 Å². The standard InChI is InChI=1S/C15H16N4O4S2/c1-15(2,3)12-11(14(20)23-18-12)16-17-13-9-7-8(25(4,21)22)5-6-10(9)19-24-13/h5-7,20H,1-4H3.